The molecule has 1 amide bonds. The molecular weight excluding hydrogens is 234 g/mol. The number of thioether (sulfide) groups is 1. The number of aromatic nitrogens is 1. The van der Waals surface area contributed by atoms with Crippen molar-refractivity contribution in [2.75, 3.05) is 25.1 Å². The molecule has 1 atom stereocenters. The zero-order valence-electron chi connectivity index (χ0n) is 9.93. The maximum absolute atomic E-state index is 12.1. The van der Waals surface area contributed by atoms with E-state index in [1.165, 1.54) is 0 Å². The average molecular weight is 251 g/mol. The fraction of sp³-hybridized carbons (Fsp3) is 0.500. The molecule has 17 heavy (non-hydrogen) atoms. The van der Waals surface area contributed by atoms with Crippen molar-refractivity contribution in [3.8, 4) is 0 Å². The summed E-state index contributed by atoms with van der Waals surface area (Å²) in [4.78, 5) is 18.1. The Kier molecular flexibility index (Phi) is 4.39. The highest BCUT2D eigenvalue weighted by Gasteiger charge is 2.23. The van der Waals surface area contributed by atoms with E-state index in [4.69, 9.17) is 0 Å². The number of hydrogen-bond acceptors (Lipinski definition) is 4. The Hall–Kier alpha value is -1.07. The van der Waals surface area contributed by atoms with Crippen LogP contribution in [-0.2, 0) is 11.3 Å². The molecule has 4 nitrogen and oxygen atoms in total. The molecule has 1 aliphatic rings. The van der Waals surface area contributed by atoms with Gasteiger partial charge in [0.15, 0.2) is 0 Å². The first-order chi connectivity index (χ1) is 8.27. The van der Waals surface area contributed by atoms with Gasteiger partial charge in [-0.05, 0) is 12.1 Å². The van der Waals surface area contributed by atoms with Crippen LogP contribution in [-0.4, -0.2) is 46.9 Å². The van der Waals surface area contributed by atoms with Crippen molar-refractivity contribution in [1.29, 1.82) is 0 Å². The van der Waals surface area contributed by atoms with Gasteiger partial charge < -0.3 is 10.2 Å². The summed E-state index contributed by atoms with van der Waals surface area (Å²) in [6.07, 6.45) is 1.75. The van der Waals surface area contributed by atoms with Crippen molar-refractivity contribution >= 4 is 17.7 Å². The highest BCUT2D eigenvalue weighted by Crippen LogP contribution is 2.10. The Bertz CT molecular complexity index is 365. The molecule has 0 aliphatic carbocycles. The standard InChI is InChI=1S/C12H17N3OS/c1-15(8-10-4-2-3-5-13-10)12(16)11-9-17-7-6-14-11/h2-5,11,14H,6-9H2,1H3. The number of nitrogens with one attached hydrogen (secondary N) is 1. The summed E-state index contributed by atoms with van der Waals surface area (Å²) in [5.41, 5.74) is 0.923. The van der Waals surface area contributed by atoms with Crippen LogP contribution in [0.25, 0.3) is 0 Å². The fourth-order valence-corrected chi connectivity index (χ4v) is 2.73. The molecule has 1 unspecified atom stereocenters. The second kappa shape index (κ2) is 6.02. The Morgan fingerprint density at radius 2 is 2.53 bits per heavy atom. The second-order valence-corrected chi connectivity index (χ2v) is 5.25. The smallest absolute Gasteiger partial charge is 0.240 e. The van der Waals surface area contributed by atoms with Crippen LogP contribution in [0, 0.1) is 0 Å². The molecule has 1 fully saturated rings. The lowest BCUT2D eigenvalue weighted by atomic mass is 10.2. The molecule has 0 saturated carbocycles. The van der Waals surface area contributed by atoms with Gasteiger partial charge in [0.25, 0.3) is 0 Å². The summed E-state index contributed by atoms with van der Waals surface area (Å²) in [6, 6.07) is 5.72. The van der Waals surface area contributed by atoms with E-state index in [2.05, 4.69) is 10.3 Å². The van der Waals surface area contributed by atoms with Crippen LogP contribution in [0.4, 0.5) is 0 Å². The zero-order chi connectivity index (χ0) is 12.1. The third kappa shape index (κ3) is 3.44. The first-order valence-electron chi connectivity index (χ1n) is 5.73. The van der Waals surface area contributed by atoms with Crippen LogP contribution < -0.4 is 5.32 Å². The molecule has 0 bridgehead atoms. The number of pyridine rings is 1. The van der Waals surface area contributed by atoms with E-state index in [9.17, 15) is 4.79 Å². The van der Waals surface area contributed by atoms with Gasteiger partial charge >= 0.3 is 0 Å². The number of rotatable bonds is 3. The Labute approximate surface area is 106 Å². The number of carbonyl (C=O) groups excluding carboxylic acids is 1. The molecule has 2 rings (SSSR count). The van der Waals surface area contributed by atoms with Gasteiger partial charge in [-0.2, -0.15) is 11.8 Å². The normalized spacial score (nSPS) is 19.9. The number of amides is 1. The predicted octanol–water partition coefficient (Wildman–Crippen LogP) is 0.745. The maximum atomic E-state index is 12.1. The van der Waals surface area contributed by atoms with Gasteiger partial charge in [-0.1, -0.05) is 6.07 Å². The molecule has 1 N–H and O–H groups in total. The van der Waals surface area contributed by atoms with Gasteiger partial charge in [-0.3, -0.25) is 9.78 Å². The molecule has 1 aromatic heterocycles. The number of likely N-dealkylation sites (N-methyl/N-ethyl adjacent to an activating group) is 1. The second-order valence-electron chi connectivity index (χ2n) is 4.10. The van der Waals surface area contributed by atoms with Gasteiger partial charge in [-0.15, -0.1) is 0 Å². The minimum atomic E-state index is -0.0394. The van der Waals surface area contributed by atoms with Crippen molar-refractivity contribution in [3.63, 3.8) is 0 Å². The molecule has 1 aromatic rings. The summed E-state index contributed by atoms with van der Waals surface area (Å²) in [7, 11) is 1.83. The molecule has 1 aliphatic heterocycles. The molecule has 0 radical (unpaired) electrons. The zero-order valence-corrected chi connectivity index (χ0v) is 10.7. The number of hydrogen-bond donors (Lipinski definition) is 1. The van der Waals surface area contributed by atoms with Crippen LogP contribution in [0.1, 0.15) is 5.69 Å². The van der Waals surface area contributed by atoms with Gasteiger partial charge in [0.05, 0.1) is 18.3 Å². The Morgan fingerprint density at radius 3 is 3.18 bits per heavy atom. The molecule has 0 aromatic carbocycles. The number of nitrogens with zero attached hydrogens (tertiary/aromatic N) is 2. The lowest BCUT2D eigenvalue weighted by Gasteiger charge is -2.27. The van der Waals surface area contributed by atoms with Gasteiger partial charge in [0.2, 0.25) is 5.91 Å². The largest absolute Gasteiger partial charge is 0.338 e. The highest BCUT2D eigenvalue weighted by molar-refractivity contribution is 7.99. The van der Waals surface area contributed by atoms with Crippen LogP contribution in [0.5, 0.6) is 0 Å². The summed E-state index contributed by atoms with van der Waals surface area (Å²) < 4.78 is 0. The first kappa shape index (κ1) is 12.4. The maximum Gasteiger partial charge on any atom is 0.240 e. The monoisotopic (exact) mass is 251 g/mol. The molecule has 2 heterocycles. The molecule has 92 valence electrons. The van der Waals surface area contributed by atoms with Crippen molar-refractivity contribution in [2.45, 2.75) is 12.6 Å². The summed E-state index contributed by atoms with van der Waals surface area (Å²) in [6.45, 7) is 1.49. The van der Waals surface area contributed by atoms with Crippen LogP contribution >= 0.6 is 11.8 Å². The third-order valence-corrected chi connectivity index (χ3v) is 3.78. The van der Waals surface area contributed by atoms with Crippen molar-refractivity contribution in [2.24, 2.45) is 0 Å². The lowest BCUT2D eigenvalue weighted by Crippen LogP contribution is -2.49. The predicted molar refractivity (Wildman–Crippen MR) is 69.8 cm³/mol. The highest BCUT2D eigenvalue weighted by atomic mass is 32.2. The summed E-state index contributed by atoms with van der Waals surface area (Å²) in [5, 5.41) is 3.25. The van der Waals surface area contributed by atoms with E-state index < -0.39 is 0 Å². The van der Waals surface area contributed by atoms with E-state index in [1.54, 1.807) is 11.1 Å². The fourth-order valence-electron chi connectivity index (χ4n) is 1.80. The van der Waals surface area contributed by atoms with E-state index >= 15 is 0 Å². The minimum Gasteiger partial charge on any atom is -0.338 e. The van der Waals surface area contributed by atoms with E-state index in [0.29, 0.717) is 6.54 Å². The lowest BCUT2D eigenvalue weighted by molar-refractivity contribution is -0.132. The molecular formula is C12H17N3OS. The van der Waals surface area contributed by atoms with Crippen molar-refractivity contribution in [1.82, 2.24) is 15.2 Å². The molecule has 5 heteroatoms. The van der Waals surface area contributed by atoms with Gasteiger partial charge in [-0.25, -0.2) is 0 Å². The van der Waals surface area contributed by atoms with E-state index in [0.717, 1.165) is 23.7 Å². The summed E-state index contributed by atoms with van der Waals surface area (Å²) >= 11 is 1.83. The average Bonchev–Trinajstić information content (AvgIpc) is 2.40. The third-order valence-electron chi connectivity index (χ3n) is 2.72. The van der Waals surface area contributed by atoms with E-state index in [1.807, 2.05) is 37.0 Å². The van der Waals surface area contributed by atoms with Crippen LogP contribution in [0.15, 0.2) is 24.4 Å². The van der Waals surface area contributed by atoms with Crippen LogP contribution in [0.3, 0.4) is 0 Å². The Morgan fingerprint density at radius 1 is 1.65 bits per heavy atom. The van der Waals surface area contributed by atoms with Crippen LogP contribution in [0.2, 0.25) is 0 Å². The Balaban J connectivity index is 1.90. The topological polar surface area (TPSA) is 45.2 Å². The van der Waals surface area contributed by atoms with E-state index in [-0.39, 0.29) is 11.9 Å². The SMILES string of the molecule is CN(Cc1ccccn1)C(=O)C1CSCCN1. The van der Waals surface area contributed by atoms with Crippen molar-refractivity contribution in [3.05, 3.63) is 30.1 Å². The van der Waals surface area contributed by atoms with Crippen molar-refractivity contribution < 1.29 is 4.79 Å². The quantitative estimate of drug-likeness (QED) is 0.861. The van der Waals surface area contributed by atoms with Gasteiger partial charge in [0, 0.05) is 31.3 Å². The minimum absolute atomic E-state index is 0.0394. The van der Waals surface area contributed by atoms with Gasteiger partial charge in [0.1, 0.15) is 0 Å². The first-order valence-corrected chi connectivity index (χ1v) is 6.89. The molecule has 0 spiro atoms. The summed E-state index contributed by atoms with van der Waals surface area (Å²) in [5.74, 6) is 2.11. The molecule has 1 saturated heterocycles. The number of carbonyl (C=O) groups is 1.